The Bertz CT molecular complexity index is 347. The maximum absolute atomic E-state index is 12.0. The third-order valence-corrected chi connectivity index (χ3v) is 3.64. The van der Waals surface area contributed by atoms with Gasteiger partial charge in [-0.05, 0) is 27.1 Å². The van der Waals surface area contributed by atoms with Crippen LogP contribution < -0.4 is 0 Å². The molecule has 0 N–H and O–H groups in total. The van der Waals surface area contributed by atoms with Crippen LogP contribution in [0.5, 0.6) is 0 Å². The van der Waals surface area contributed by atoms with Crippen LogP contribution in [0, 0.1) is 5.41 Å². The summed E-state index contributed by atoms with van der Waals surface area (Å²) in [6.07, 6.45) is 2.36. The van der Waals surface area contributed by atoms with Gasteiger partial charge < -0.3 is 4.90 Å². The van der Waals surface area contributed by atoms with Crippen LogP contribution in [0.3, 0.4) is 0 Å². The Morgan fingerprint density at radius 2 is 1.81 bits per heavy atom. The normalized spacial score (nSPS) is 15.9. The van der Waals surface area contributed by atoms with Gasteiger partial charge in [0.05, 0.1) is 9.73 Å². The van der Waals surface area contributed by atoms with Gasteiger partial charge in [0.1, 0.15) is 0 Å². The van der Waals surface area contributed by atoms with Gasteiger partial charge in [-0.2, -0.15) is 4.36 Å². The minimum atomic E-state index is -2.36. The number of hydrogen-bond acceptors (Lipinski definition) is 3. The second-order valence-electron chi connectivity index (χ2n) is 5.47. The molecule has 0 aliphatic carbocycles. The molecule has 4 nitrogen and oxygen atoms in total. The van der Waals surface area contributed by atoms with Crippen LogP contribution in [-0.2, 0) is 14.5 Å². The molecule has 96 valence electrons. The summed E-state index contributed by atoms with van der Waals surface area (Å²) in [6, 6.07) is 0. The third-order valence-electron chi connectivity index (χ3n) is 2.05. The topological polar surface area (TPSA) is 49.7 Å². The first-order valence-electron chi connectivity index (χ1n) is 5.43. The number of hydrogen-bond donors (Lipinski definition) is 0. The van der Waals surface area contributed by atoms with E-state index in [1.807, 2.05) is 19.0 Å². The van der Waals surface area contributed by atoms with E-state index in [4.69, 9.17) is 0 Å². The fraction of sp³-hybridized carbons (Fsp3) is 0.909. The van der Waals surface area contributed by atoms with E-state index in [1.54, 1.807) is 27.0 Å². The highest BCUT2D eigenvalue weighted by molar-refractivity contribution is 7.93. The van der Waals surface area contributed by atoms with Crippen LogP contribution in [-0.4, -0.2) is 47.7 Å². The molecular weight excluding hydrogens is 224 g/mol. The summed E-state index contributed by atoms with van der Waals surface area (Å²) < 4.78 is 15.9. The van der Waals surface area contributed by atoms with Gasteiger partial charge >= 0.3 is 0 Å². The lowest BCUT2D eigenvalue weighted by molar-refractivity contribution is -0.124. The average Bonchev–Trinajstić information content (AvgIpc) is 1.99. The molecule has 0 heterocycles. The van der Waals surface area contributed by atoms with Crippen LogP contribution in [0.25, 0.3) is 0 Å². The van der Waals surface area contributed by atoms with Crippen LogP contribution in [0.4, 0.5) is 0 Å². The van der Waals surface area contributed by atoms with Crippen LogP contribution in [0.2, 0.25) is 0 Å². The van der Waals surface area contributed by atoms with Gasteiger partial charge in [0.2, 0.25) is 0 Å². The van der Waals surface area contributed by atoms with Gasteiger partial charge in [-0.3, -0.25) is 4.79 Å². The lowest BCUT2D eigenvalue weighted by atomic mass is 9.96. The van der Waals surface area contributed by atoms with Crippen molar-refractivity contribution < 1.29 is 9.00 Å². The Balaban J connectivity index is 4.49. The summed E-state index contributed by atoms with van der Waals surface area (Å²) in [5.41, 5.74) is -0.541. The molecule has 0 aliphatic rings. The zero-order valence-electron chi connectivity index (χ0n) is 11.2. The standard InChI is InChI=1S/C11H24N2O2S/c1-11(2,3)10(14)12-16(6,15)9-7-8-13(4)5/h7-9H2,1-6H3. The maximum Gasteiger partial charge on any atom is 0.259 e. The third kappa shape index (κ3) is 6.95. The SMILES string of the molecule is CN(C)CCCS(C)(=O)=NC(=O)C(C)(C)C. The molecule has 1 amide bonds. The second kappa shape index (κ2) is 5.77. The highest BCUT2D eigenvalue weighted by Crippen LogP contribution is 2.16. The predicted molar refractivity (Wildman–Crippen MR) is 69.0 cm³/mol. The smallest absolute Gasteiger partial charge is 0.259 e. The first kappa shape index (κ1) is 15.6. The summed E-state index contributed by atoms with van der Waals surface area (Å²) in [5.74, 6) is 0.206. The van der Waals surface area contributed by atoms with Crippen molar-refractivity contribution in [1.29, 1.82) is 0 Å². The Labute approximate surface area is 99.6 Å². The average molecular weight is 248 g/mol. The van der Waals surface area contributed by atoms with Crippen molar-refractivity contribution in [3.8, 4) is 0 Å². The van der Waals surface area contributed by atoms with Gasteiger partial charge in [0, 0.05) is 17.4 Å². The van der Waals surface area contributed by atoms with Crippen molar-refractivity contribution in [2.75, 3.05) is 32.6 Å². The molecule has 0 aromatic rings. The zero-order valence-corrected chi connectivity index (χ0v) is 12.1. The van der Waals surface area contributed by atoms with Crippen LogP contribution in [0.1, 0.15) is 27.2 Å². The fourth-order valence-corrected chi connectivity index (χ4v) is 2.39. The molecule has 1 unspecified atom stereocenters. The molecule has 0 bridgehead atoms. The molecule has 5 heteroatoms. The van der Waals surface area contributed by atoms with Crippen molar-refractivity contribution >= 4 is 15.6 Å². The second-order valence-corrected chi connectivity index (χ2v) is 7.98. The molecule has 0 rings (SSSR count). The monoisotopic (exact) mass is 248 g/mol. The summed E-state index contributed by atoms with van der Waals surface area (Å²) in [5, 5.41) is 0. The summed E-state index contributed by atoms with van der Waals surface area (Å²) in [4.78, 5) is 13.6. The minimum Gasteiger partial charge on any atom is -0.309 e. The molecule has 0 saturated heterocycles. The van der Waals surface area contributed by atoms with E-state index in [-0.39, 0.29) is 5.91 Å². The molecule has 0 saturated carbocycles. The fourth-order valence-electron chi connectivity index (χ4n) is 1.01. The Hall–Kier alpha value is -0.420. The van der Waals surface area contributed by atoms with E-state index in [0.29, 0.717) is 5.75 Å². The minimum absolute atomic E-state index is 0.273. The largest absolute Gasteiger partial charge is 0.309 e. The van der Waals surface area contributed by atoms with E-state index >= 15 is 0 Å². The van der Waals surface area contributed by atoms with Crippen LogP contribution >= 0.6 is 0 Å². The van der Waals surface area contributed by atoms with E-state index in [1.165, 1.54) is 0 Å². The van der Waals surface area contributed by atoms with Crippen molar-refractivity contribution in [3.63, 3.8) is 0 Å². The van der Waals surface area contributed by atoms with E-state index in [0.717, 1.165) is 13.0 Å². The molecule has 0 aromatic carbocycles. The van der Waals surface area contributed by atoms with Gasteiger partial charge in [0.25, 0.3) is 5.91 Å². The molecule has 0 aromatic heterocycles. The number of carbonyl (C=O) groups excluding carboxylic acids is 1. The predicted octanol–water partition coefficient (Wildman–Crippen LogP) is 1.61. The lowest BCUT2D eigenvalue weighted by Gasteiger charge is -2.14. The zero-order chi connectivity index (χ0) is 13.0. The van der Waals surface area contributed by atoms with E-state index in [2.05, 4.69) is 4.36 Å². The van der Waals surface area contributed by atoms with Crippen molar-refractivity contribution in [1.82, 2.24) is 4.90 Å². The molecular formula is C11H24N2O2S. The molecule has 0 spiro atoms. The number of rotatable bonds is 4. The van der Waals surface area contributed by atoms with Crippen LogP contribution in [0.15, 0.2) is 4.36 Å². The van der Waals surface area contributed by atoms with E-state index < -0.39 is 15.1 Å². The first-order valence-corrected chi connectivity index (χ1v) is 7.53. The quantitative estimate of drug-likeness (QED) is 0.759. The first-order chi connectivity index (χ1) is 7.04. The number of amides is 1. The summed E-state index contributed by atoms with van der Waals surface area (Å²) in [7, 11) is 1.57. The van der Waals surface area contributed by atoms with Gasteiger partial charge in [-0.25, -0.2) is 4.21 Å². The summed E-state index contributed by atoms with van der Waals surface area (Å²) >= 11 is 0. The highest BCUT2D eigenvalue weighted by Gasteiger charge is 2.22. The molecule has 0 aliphatic heterocycles. The number of carbonyl (C=O) groups is 1. The molecule has 16 heavy (non-hydrogen) atoms. The van der Waals surface area contributed by atoms with Crippen molar-refractivity contribution in [3.05, 3.63) is 0 Å². The molecule has 0 radical (unpaired) electrons. The Morgan fingerprint density at radius 1 is 1.31 bits per heavy atom. The Morgan fingerprint density at radius 3 is 2.19 bits per heavy atom. The summed E-state index contributed by atoms with van der Waals surface area (Å²) in [6.45, 7) is 6.22. The number of nitrogens with zero attached hydrogens (tertiary/aromatic N) is 2. The van der Waals surface area contributed by atoms with Crippen molar-refractivity contribution in [2.24, 2.45) is 9.78 Å². The highest BCUT2D eigenvalue weighted by atomic mass is 32.2. The molecule has 0 fully saturated rings. The van der Waals surface area contributed by atoms with E-state index in [9.17, 15) is 9.00 Å². The lowest BCUT2D eigenvalue weighted by Crippen LogP contribution is -2.21. The maximum atomic E-state index is 12.0. The van der Waals surface area contributed by atoms with Gasteiger partial charge in [0.15, 0.2) is 0 Å². The van der Waals surface area contributed by atoms with Gasteiger partial charge in [-0.15, -0.1) is 0 Å². The molecule has 1 atom stereocenters. The van der Waals surface area contributed by atoms with Crippen molar-refractivity contribution in [2.45, 2.75) is 27.2 Å². The van der Waals surface area contributed by atoms with Gasteiger partial charge in [-0.1, -0.05) is 20.8 Å². The Kier molecular flexibility index (Phi) is 5.62.